The van der Waals surface area contributed by atoms with E-state index in [1.54, 1.807) is 4.90 Å². The molecule has 1 saturated heterocycles. The third kappa shape index (κ3) is 2.88. The summed E-state index contributed by atoms with van der Waals surface area (Å²) in [5.74, 6) is -4.30. The Morgan fingerprint density at radius 1 is 1.35 bits per heavy atom. The number of hydrogen-bond acceptors (Lipinski definition) is 4. The van der Waals surface area contributed by atoms with E-state index >= 15 is 0 Å². The molecule has 2 rings (SSSR count). The molecule has 20 heavy (non-hydrogen) atoms. The Bertz CT molecular complexity index is 505. The van der Waals surface area contributed by atoms with Crippen molar-refractivity contribution in [2.24, 2.45) is 5.73 Å². The van der Waals surface area contributed by atoms with Gasteiger partial charge in [0.25, 0.3) is 0 Å². The SMILES string of the molecule is NCC(C(=O)O)c1cc(F)c(F)cc1N1CCOCC1. The van der Waals surface area contributed by atoms with Gasteiger partial charge in [0, 0.05) is 31.4 Å². The van der Waals surface area contributed by atoms with Crippen molar-refractivity contribution in [1.82, 2.24) is 0 Å². The number of ether oxygens (including phenoxy) is 1. The van der Waals surface area contributed by atoms with Crippen molar-refractivity contribution in [2.75, 3.05) is 37.7 Å². The van der Waals surface area contributed by atoms with Crippen molar-refractivity contribution < 1.29 is 23.4 Å². The second-order valence-electron chi connectivity index (χ2n) is 4.55. The molecule has 5 nitrogen and oxygen atoms in total. The van der Waals surface area contributed by atoms with Crippen LogP contribution in [-0.2, 0) is 9.53 Å². The predicted molar refractivity (Wildman–Crippen MR) is 68.8 cm³/mol. The normalized spacial score (nSPS) is 17.1. The van der Waals surface area contributed by atoms with Gasteiger partial charge in [-0.15, -0.1) is 0 Å². The third-order valence-electron chi connectivity index (χ3n) is 3.33. The number of nitrogens with zero attached hydrogens (tertiary/aromatic N) is 1. The van der Waals surface area contributed by atoms with Gasteiger partial charge in [0.15, 0.2) is 11.6 Å². The van der Waals surface area contributed by atoms with Gasteiger partial charge in [-0.1, -0.05) is 0 Å². The first-order valence-corrected chi connectivity index (χ1v) is 6.29. The van der Waals surface area contributed by atoms with Gasteiger partial charge in [-0.3, -0.25) is 4.79 Å². The van der Waals surface area contributed by atoms with Gasteiger partial charge in [-0.05, 0) is 11.6 Å². The zero-order valence-corrected chi connectivity index (χ0v) is 10.8. The van der Waals surface area contributed by atoms with Crippen LogP contribution in [0.4, 0.5) is 14.5 Å². The van der Waals surface area contributed by atoms with Gasteiger partial charge in [0.05, 0.1) is 19.1 Å². The van der Waals surface area contributed by atoms with Crippen LogP contribution in [0.2, 0.25) is 0 Å². The lowest BCUT2D eigenvalue weighted by Gasteiger charge is -2.31. The van der Waals surface area contributed by atoms with E-state index in [2.05, 4.69) is 0 Å². The number of carboxylic acids is 1. The van der Waals surface area contributed by atoms with Crippen molar-refractivity contribution in [3.8, 4) is 0 Å². The maximum Gasteiger partial charge on any atom is 0.312 e. The highest BCUT2D eigenvalue weighted by molar-refractivity contribution is 5.79. The van der Waals surface area contributed by atoms with Crippen molar-refractivity contribution >= 4 is 11.7 Å². The Labute approximate surface area is 114 Å². The molecule has 0 amide bonds. The molecule has 0 radical (unpaired) electrons. The van der Waals surface area contributed by atoms with Gasteiger partial charge in [0.1, 0.15) is 0 Å². The van der Waals surface area contributed by atoms with Gasteiger partial charge in [0.2, 0.25) is 0 Å². The fraction of sp³-hybridized carbons (Fsp3) is 0.462. The van der Waals surface area contributed by atoms with Crippen LogP contribution in [0.25, 0.3) is 0 Å². The number of carboxylic acid groups (broad SMARTS) is 1. The largest absolute Gasteiger partial charge is 0.481 e. The van der Waals surface area contributed by atoms with E-state index in [1.165, 1.54) is 0 Å². The number of morpholine rings is 1. The maximum absolute atomic E-state index is 13.5. The van der Waals surface area contributed by atoms with Crippen molar-refractivity contribution in [3.63, 3.8) is 0 Å². The number of hydrogen-bond donors (Lipinski definition) is 2. The number of anilines is 1. The lowest BCUT2D eigenvalue weighted by molar-refractivity contribution is -0.138. The summed E-state index contributed by atoms with van der Waals surface area (Å²) in [6.45, 7) is 1.72. The fourth-order valence-corrected chi connectivity index (χ4v) is 2.27. The van der Waals surface area contributed by atoms with E-state index in [9.17, 15) is 18.7 Å². The third-order valence-corrected chi connectivity index (χ3v) is 3.33. The van der Waals surface area contributed by atoms with Crippen LogP contribution >= 0.6 is 0 Å². The van der Waals surface area contributed by atoms with E-state index < -0.39 is 23.5 Å². The van der Waals surface area contributed by atoms with Gasteiger partial charge in [-0.25, -0.2) is 8.78 Å². The minimum absolute atomic E-state index is 0.183. The number of nitrogens with two attached hydrogens (primary N) is 1. The predicted octanol–water partition coefficient (Wildman–Crippen LogP) is 0.928. The van der Waals surface area contributed by atoms with E-state index in [-0.39, 0.29) is 12.1 Å². The molecule has 0 bridgehead atoms. The number of rotatable bonds is 4. The molecular weight excluding hydrogens is 270 g/mol. The summed E-state index contributed by atoms with van der Waals surface area (Å²) in [5.41, 5.74) is 6.01. The summed E-state index contributed by atoms with van der Waals surface area (Å²) in [5, 5.41) is 9.17. The smallest absolute Gasteiger partial charge is 0.312 e. The molecule has 1 aliphatic heterocycles. The quantitative estimate of drug-likeness (QED) is 0.861. The molecule has 0 aromatic heterocycles. The zero-order valence-electron chi connectivity index (χ0n) is 10.8. The Hall–Kier alpha value is -1.73. The minimum Gasteiger partial charge on any atom is -0.481 e. The molecule has 1 aromatic rings. The molecule has 1 fully saturated rings. The first-order valence-electron chi connectivity index (χ1n) is 6.29. The average molecular weight is 286 g/mol. The molecule has 1 aliphatic rings. The van der Waals surface area contributed by atoms with Crippen molar-refractivity contribution in [2.45, 2.75) is 5.92 Å². The Morgan fingerprint density at radius 2 is 1.95 bits per heavy atom. The molecule has 0 spiro atoms. The van der Waals surface area contributed by atoms with E-state index in [0.717, 1.165) is 12.1 Å². The topological polar surface area (TPSA) is 75.8 Å². The molecule has 7 heteroatoms. The van der Waals surface area contributed by atoms with Crippen molar-refractivity contribution in [3.05, 3.63) is 29.3 Å². The molecule has 1 heterocycles. The second kappa shape index (κ2) is 6.15. The van der Waals surface area contributed by atoms with Crippen molar-refractivity contribution in [1.29, 1.82) is 0 Å². The van der Waals surface area contributed by atoms with Crippen LogP contribution in [0.5, 0.6) is 0 Å². The van der Waals surface area contributed by atoms with Crippen LogP contribution in [0.3, 0.4) is 0 Å². The van der Waals surface area contributed by atoms with E-state index in [1.807, 2.05) is 0 Å². The van der Waals surface area contributed by atoms with Crippen LogP contribution in [-0.4, -0.2) is 43.9 Å². The van der Waals surface area contributed by atoms with E-state index in [0.29, 0.717) is 32.0 Å². The minimum atomic E-state index is -1.16. The monoisotopic (exact) mass is 286 g/mol. The summed E-state index contributed by atoms with van der Waals surface area (Å²) < 4.78 is 32.1. The molecule has 0 saturated carbocycles. The summed E-state index contributed by atoms with van der Waals surface area (Å²) in [4.78, 5) is 13.0. The molecule has 1 aromatic carbocycles. The highest BCUT2D eigenvalue weighted by Crippen LogP contribution is 2.30. The van der Waals surface area contributed by atoms with Gasteiger partial charge < -0.3 is 20.5 Å². The molecule has 110 valence electrons. The summed E-state index contributed by atoms with van der Waals surface area (Å²) in [7, 11) is 0. The Kier molecular flexibility index (Phi) is 4.51. The lowest BCUT2D eigenvalue weighted by Crippen LogP contribution is -2.37. The molecule has 1 atom stereocenters. The number of benzene rings is 1. The van der Waals surface area contributed by atoms with Gasteiger partial charge >= 0.3 is 5.97 Å². The summed E-state index contributed by atoms with van der Waals surface area (Å²) in [6.07, 6.45) is 0. The number of aliphatic carboxylic acids is 1. The van der Waals surface area contributed by atoms with Crippen LogP contribution in [0, 0.1) is 11.6 Å². The first kappa shape index (κ1) is 14.7. The standard InChI is InChI=1S/C13H16F2N2O3/c14-10-5-8(9(7-16)13(18)19)12(6-11(10)15)17-1-3-20-4-2-17/h5-6,9H,1-4,7,16H2,(H,18,19). The average Bonchev–Trinajstić information content (AvgIpc) is 2.43. The van der Waals surface area contributed by atoms with Crippen LogP contribution < -0.4 is 10.6 Å². The number of halogens is 2. The number of carbonyl (C=O) groups is 1. The lowest BCUT2D eigenvalue weighted by atomic mass is 9.96. The molecule has 3 N–H and O–H groups in total. The molecule has 1 unspecified atom stereocenters. The van der Waals surface area contributed by atoms with Crippen LogP contribution in [0.1, 0.15) is 11.5 Å². The first-order chi connectivity index (χ1) is 9.54. The second-order valence-corrected chi connectivity index (χ2v) is 4.55. The van der Waals surface area contributed by atoms with Crippen LogP contribution in [0.15, 0.2) is 12.1 Å². The Morgan fingerprint density at radius 3 is 2.50 bits per heavy atom. The maximum atomic E-state index is 13.5. The summed E-state index contributed by atoms with van der Waals surface area (Å²) in [6, 6.07) is 1.95. The zero-order chi connectivity index (χ0) is 14.7. The van der Waals surface area contributed by atoms with E-state index in [4.69, 9.17) is 10.5 Å². The van der Waals surface area contributed by atoms with Gasteiger partial charge in [-0.2, -0.15) is 0 Å². The molecular formula is C13H16F2N2O3. The summed E-state index contributed by atoms with van der Waals surface area (Å²) >= 11 is 0. The molecule has 0 aliphatic carbocycles. The highest BCUT2D eigenvalue weighted by atomic mass is 19.2. The highest BCUT2D eigenvalue weighted by Gasteiger charge is 2.26. The Balaban J connectivity index is 2.47. The fourth-order valence-electron chi connectivity index (χ4n) is 2.27.